The van der Waals surface area contributed by atoms with Crippen LogP contribution in [0.3, 0.4) is 0 Å². The lowest BCUT2D eigenvalue weighted by Gasteiger charge is -2.35. The summed E-state index contributed by atoms with van der Waals surface area (Å²) in [6, 6.07) is 7.75. The highest BCUT2D eigenvalue weighted by molar-refractivity contribution is 5.88. The van der Waals surface area contributed by atoms with Crippen LogP contribution in [0.4, 0.5) is 0 Å². The first-order valence-electron chi connectivity index (χ1n) is 11.4. The van der Waals surface area contributed by atoms with Gasteiger partial charge in [0.05, 0.1) is 12.6 Å². The van der Waals surface area contributed by atoms with E-state index in [4.69, 9.17) is 4.74 Å². The van der Waals surface area contributed by atoms with Crippen molar-refractivity contribution in [1.82, 2.24) is 10.2 Å². The average molecular weight is 431 g/mol. The van der Waals surface area contributed by atoms with Crippen molar-refractivity contribution in [2.75, 3.05) is 6.61 Å². The molecule has 1 heterocycles. The van der Waals surface area contributed by atoms with Crippen LogP contribution in [0.2, 0.25) is 0 Å². The molecule has 0 spiro atoms. The van der Waals surface area contributed by atoms with Crippen LogP contribution in [0.5, 0.6) is 0 Å². The molecule has 1 aromatic carbocycles. The molecule has 170 valence electrons. The lowest BCUT2D eigenvalue weighted by atomic mass is 9.84. The van der Waals surface area contributed by atoms with Crippen molar-refractivity contribution >= 4 is 17.8 Å². The number of ether oxygens (including phenoxy) is 1. The van der Waals surface area contributed by atoms with E-state index in [0.717, 1.165) is 31.2 Å². The third kappa shape index (κ3) is 5.64. The number of carboxylic acid groups (broad SMARTS) is 1. The van der Waals surface area contributed by atoms with Crippen LogP contribution in [0.25, 0.3) is 0 Å². The van der Waals surface area contributed by atoms with Gasteiger partial charge < -0.3 is 14.7 Å². The minimum Gasteiger partial charge on any atom is -0.480 e. The van der Waals surface area contributed by atoms with E-state index < -0.39 is 24.1 Å². The van der Waals surface area contributed by atoms with E-state index in [2.05, 4.69) is 5.32 Å². The normalized spacial score (nSPS) is 24.8. The van der Waals surface area contributed by atoms with Gasteiger partial charge in [-0.1, -0.05) is 43.2 Å². The Morgan fingerprint density at radius 2 is 1.90 bits per heavy atom. The van der Waals surface area contributed by atoms with Crippen LogP contribution in [-0.2, 0) is 25.5 Å². The lowest BCUT2D eigenvalue weighted by Crippen LogP contribution is -2.55. The van der Waals surface area contributed by atoms with E-state index in [1.165, 1.54) is 0 Å². The van der Waals surface area contributed by atoms with Gasteiger partial charge in [-0.05, 0) is 57.4 Å². The molecule has 31 heavy (non-hydrogen) atoms. The molecule has 2 aliphatic rings. The van der Waals surface area contributed by atoms with E-state index in [-0.39, 0.29) is 30.4 Å². The highest BCUT2D eigenvalue weighted by atomic mass is 16.5. The maximum Gasteiger partial charge on any atom is 0.326 e. The van der Waals surface area contributed by atoms with Gasteiger partial charge in [0.15, 0.2) is 0 Å². The van der Waals surface area contributed by atoms with Gasteiger partial charge in [-0.3, -0.25) is 14.9 Å². The van der Waals surface area contributed by atoms with Crippen molar-refractivity contribution in [3.05, 3.63) is 35.9 Å². The zero-order valence-corrected chi connectivity index (χ0v) is 18.5. The third-order valence-corrected chi connectivity index (χ3v) is 6.58. The maximum absolute atomic E-state index is 13.4. The number of nitrogens with zero attached hydrogens (tertiary/aromatic N) is 1. The number of carbonyl (C=O) groups is 3. The molecule has 2 fully saturated rings. The summed E-state index contributed by atoms with van der Waals surface area (Å²) in [5, 5.41) is 12.9. The molecule has 1 aliphatic heterocycles. The molecule has 0 radical (unpaired) electrons. The number of fused-ring (bicyclic) bond motifs is 1. The monoisotopic (exact) mass is 430 g/mol. The van der Waals surface area contributed by atoms with Crippen molar-refractivity contribution in [3.63, 3.8) is 0 Å². The number of carbonyl (C=O) groups excluding carboxylic acids is 2. The Bertz CT molecular complexity index is 768. The Kier molecular flexibility index (Phi) is 8.07. The van der Waals surface area contributed by atoms with Crippen molar-refractivity contribution in [3.8, 4) is 0 Å². The van der Waals surface area contributed by atoms with Crippen LogP contribution in [-0.4, -0.2) is 58.6 Å². The SMILES string of the molecule is CCOC(=O)[C@H](CCc1ccccc1)N[C@@H](C)C(=O)N1C(C(=O)O)CC2CCCC[C@@H]21. The van der Waals surface area contributed by atoms with E-state index in [1.54, 1.807) is 18.7 Å². The molecule has 7 heteroatoms. The van der Waals surface area contributed by atoms with E-state index in [9.17, 15) is 19.5 Å². The van der Waals surface area contributed by atoms with Gasteiger partial charge in [-0.15, -0.1) is 0 Å². The number of hydrogen-bond donors (Lipinski definition) is 2. The van der Waals surface area contributed by atoms with Gasteiger partial charge in [0.1, 0.15) is 12.1 Å². The number of benzene rings is 1. The molecular weight excluding hydrogens is 396 g/mol. The van der Waals surface area contributed by atoms with E-state index in [1.807, 2.05) is 30.3 Å². The number of carboxylic acids is 1. The summed E-state index contributed by atoms with van der Waals surface area (Å²) in [6.45, 7) is 3.74. The highest BCUT2D eigenvalue weighted by Gasteiger charge is 2.48. The number of aryl methyl sites for hydroxylation is 1. The summed E-state index contributed by atoms with van der Waals surface area (Å²) >= 11 is 0. The molecule has 5 atom stereocenters. The summed E-state index contributed by atoms with van der Waals surface area (Å²) in [6.07, 6.45) is 5.62. The van der Waals surface area contributed by atoms with Crippen LogP contribution in [0.1, 0.15) is 57.9 Å². The third-order valence-electron chi connectivity index (χ3n) is 6.58. The fraction of sp³-hybridized carbons (Fsp3) is 0.625. The van der Waals surface area contributed by atoms with Gasteiger partial charge in [0.25, 0.3) is 0 Å². The van der Waals surface area contributed by atoms with Gasteiger partial charge in [0.2, 0.25) is 5.91 Å². The quantitative estimate of drug-likeness (QED) is 0.585. The zero-order chi connectivity index (χ0) is 22.4. The lowest BCUT2D eigenvalue weighted by molar-refractivity contribution is -0.152. The minimum absolute atomic E-state index is 0.0167. The van der Waals surface area contributed by atoms with Crippen molar-refractivity contribution < 1.29 is 24.2 Å². The summed E-state index contributed by atoms with van der Waals surface area (Å²) in [4.78, 5) is 39.3. The van der Waals surface area contributed by atoms with Crippen molar-refractivity contribution in [1.29, 1.82) is 0 Å². The Labute approximate surface area is 184 Å². The van der Waals surface area contributed by atoms with Crippen LogP contribution >= 0.6 is 0 Å². The molecule has 3 rings (SSSR count). The fourth-order valence-electron chi connectivity index (χ4n) is 5.06. The van der Waals surface area contributed by atoms with Crippen LogP contribution in [0.15, 0.2) is 30.3 Å². The molecule has 2 N–H and O–H groups in total. The fourth-order valence-corrected chi connectivity index (χ4v) is 5.06. The summed E-state index contributed by atoms with van der Waals surface area (Å²) in [5.41, 5.74) is 1.10. The van der Waals surface area contributed by atoms with Crippen molar-refractivity contribution in [2.24, 2.45) is 5.92 Å². The average Bonchev–Trinajstić information content (AvgIpc) is 3.16. The minimum atomic E-state index is -0.944. The first-order valence-corrected chi connectivity index (χ1v) is 11.4. The van der Waals surface area contributed by atoms with E-state index in [0.29, 0.717) is 19.3 Å². The molecule has 0 aromatic heterocycles. The molecule has 1 aromatic rings. The Morgan fingerprint density at radius 3 is 2.58 bits per heavy atom. The molecule has 0 bridgehead atoms. The summed E-state index contributed by atoms with van der Waals surface area (Å²) in [7, 11) is 0. The molecule has 1 aliphatic carbocycles. The second-order valence-corrected chi connectivity index (χ2v) is 8.66. The Hall–Kier alpha value is -2.41. The smallest absolute Gasteiger partial charge is 0.326 e. The number of likely N-dealkylation sites (tertiary alicyclic amines) is 1. The highest BCUT2D eigenvalue weighted by Crippen LogP contribution is 2.40. The van der Waals surface area contributed by atoms with E-state index >= 15 is 0 Å². The number of hydrogen-bond acceptors (Lipinski definition) is 5. The summed E-state index contributed by atoms with van der Waals surface area (Å²) < 4.78 is 5.22. The second-order valence-electron chi connectivity index (χ2n) is 8.66. The first-order chi connectivity index (χ1) is 14.9. The summed E-state index contributed by atoms with van der Waals surface area (Å²) in [5.74, 6) is -1.31. The maximum atomic E-state index is 13.4. The molecule has 1 amide bonds. The molecule has 2 unspecified atom stereocenters. The predicted molar refractivity (Wildman–Crippen MR) is 116 cm³/mol. The number of aliphatic carboxylic acids is 1. The standard InChI is InChI=1S/C24H34N2O5/c1-3-31-24(30)19(14-13-17-9-5-4-6-10-17)25-16(2)22(27)26-20-12-8-7-11-18(20)15-21(26)23(28)29/h4-6,9-10,16,18-21,25H,3,7-8,11-15H2,1-2H3,(H,28,29)/t16-,18?,19-,20-,21?/m0/s1. The van der Waals surface area contributed by atoms with Gasteiger partial charge in [0, 0.05) is 6.04 Å². The first kappa shape index (κ1) is 23.3. The predicted octanol–water partition coefficient (Wildman–Crippen LogP) is 2.77. The number of esters is 1. The second kappa shape index (κ2) is 10.8. The Balaban J connectivity index is 1.70. The van der Waals surface area contributed by atoms with Gasteiger partial charge in [-0.2, -0.15) is 0 Å². The van der Waals surface area contributed by atoms with Gasteiger partial charge in [-0.25, -0.2) is 4.79 Å². The number of rotatable bonds is 9. The van der Waals surface area contributed by atoms with Crippen LogP contribution < -0.4 is 5.32 Å². The zero-order valence-electron chi connectivity index (χ0n) is 18.5. The molecule has 1 saturated carbocycles. The van der Waals surface area contributed by atoms with Gasteiger partial charge >= 0.3 is 11.9 Å². The number of amides is 1. The van der Waals surface area contributed by atoms with Crippen molar-refractivity contribution in [2.45, 2.75) is 83.0 Å². The molecule has 1 saturated heterocycles. The van der Waals surface area contributed by atoms with Crippen LogP contribution in [0, 0.1) is 5.92 Å². The number of nitrogens with one attached hydrogen (secondary N) is 1. The topological polar surface area (TPSA) is 95.9 Å². The largest absolute Gasteiger partial charge is 0.480 e. The Morgan fingerprint density at radius 1 is 1.19 bits per heavy atom. The molecule has 7 nitrogen and oxygen atoms in total. The molecular formula is C24H34N2O5.